The Kier molecular flexibility index (Phi) is 6.53. The maximum atomic E-state index is 12.5. The molecule has 6 heteroatoms. The van der Waals surface area contributed by atoms with Crippen molar-refractivity contribution in [2.45, 2.75) is 12.8 Å². The summed E-state index contributed by atoms with van der Waals surface area (Å²) in [5.41, 5.74) is 0. The first-order valence-electron chi connectivity index (χ1n) is 9.12. The summed E-state index contributed by atoms with van der Waals surface area (Å²) in [7, 11) is 1.66. The van der Waals surface area contributed by atoms with Crippen molar-refractivity contribution in [3.63, 3.8) is 0 Å². The van der Waals surface area contributed by atoms with E-state index >= 15 is 0 Å². The van der Waals surface area contributed by atoms with Crippen LogP contribution in [0, 0.1) is 5.92 Å². The molecule has 1 aromatic carbocycles. The minimum Gasteiger partial charge on any atom is -0.497 e. The molecule has 2 fully saturated rings. The lowest BCUT2D eigenvalue weighted by Gasteiger charge is -2.35. The lowest BCUT2D eigenvalue weighted by atomic mass is 9.95. The fourth-order valence-corrected chi connectivity index (χ4v) is 3.41. The molecule has 0 radical (unpaired) electrons. The third-order valence-corrected chi connectivity index (χ3v) is 5.00. The summed E-state index contributed by atoms with van der Waals surface area (Å²) in [6.07, 6.45) is 1.89. The Morgan fingerprint density at radius 1 is 1.08 bits per heavy atom. The van der Waals surface area contributed by atoms with Gasteiger partial charge in [0, 0.05) is 25.6 Å². The zero-order chi connectivity index (χ0) is 17.5. The molecule has 3 rings (SSSR count). The van der Waals surface area contributed by atoms with Gasteiger partial charge in [0.25, 0.3) is 0 Å². The van der Waals surface area contributed by atoms with E-state index in [1.807, 2.05) is 29.2 Å². The molecular weight excluding hydrogens is 320 g/mol. The number of rotatable bonds is 6. The van der Waals surface area contributed by atoms with Crippen molar-refractivity contribution in [3.8, 4) is 11.5 Å². The number of piperidine rings is 1. The van der Waals surface area contributed by atoms with Gasteiger partial charge < -0.3 is 19.1 Å². The first-order valence-corrected chi connectivity index (χ1v) is 9.12. The Morgan fingerprint density at radius 3 is 2.36 bits per heavy atom. The smallest absolute Gasteiger partial charge is 0.225 e. The van der Waals surface area contributed by atoms with E-state index in [4.69, 9.17) is 14.2 Å². The van der Waals surface area contributed by atoms with Gasteiger partial charge in [-0.15, -0.1) is 0 Å². The maximum absolute atomic E-state index is 12.5. The lowest BCUT2D eigenvalue weighted by molar-refractivity contribution is -0.141. The fraction of sp³-hybridized carbons (Fsp3) is 0.632. The molecule has 0 spiro atoms. The van der Waals surface area contributed by atoms with Gasteiger partial charge in [0.05, 0.1) is 20.3 Å². The van der Waals surface area contributed by atoms with Gasteiger partial charge in [0.15, 0.2) is 0 Å². The number of amides is 1. The van der Waals surface area contributed by atoms with Gasteiger partial charge in [-0.3, -0.25) is 9.69 Å². The average Bonchev–Trinajstić information content (AvgIpc) is 2.69. The third kappa shape index (κ3) is 5.09. The van der Waals surface area contributed by atoms with E-state index in [1.165, 1.54) is 0 Å². The molecule has 0 atom stereocenters. The van der Waals surface area contributed by atoms with E-state index in [0.717, 1.165) is 57.1 Å². The molecule has 25 heavy (non-hydrogen) atoms. The van der Waals surface area contributed by atoms with Crippen LogP contribution in [0.25, 0.3) is 0 Å². The zero-order valence-electron chi connectivity index (χ0n) is 15.0. The predicted molar refractivity (Wildman–Crippen MR) is 95.1 cm³/mol. The van der Waals surface area contributed by atoms with Gasteiger partial charge in [0.2, 0.25) is 5.91 Å². The number of likely N-dealkylation sites (tertiary alicyclic amines) is 1. The standard InChI is InChI=1S/C19H28N2O4/c1-23-17-2-4-18(5-3-17)25-15-10-20-8-6-16(7-9-20)19(22)21-11-13-24-14-12-21/h2-5,16H,6-15H2,1H3. The second-order valence-corrected chi connectivity index (χ2v) is 6.58. The highest BCUT2D eigenvalue weighted by molar-refractivity contribution is 5.79. The van der Waals surface area contributed by atoms with E-state index in [0.29, 0.717) is 25.7 Å². The van der Waals surface area contributed by atoms with E-state index in [-0.39, 0.29) is 5.92 Å². The van der Waals surface area contributed by atoms with E-state index < -0.39 is 0 Å². The Morgan fingerprint density at radius 2 is 1.72 bits per heavy atom. The van der Waals surface area contributed by atoms with Crippen molar-refractivity contribution in [1.82, 2.24) is 9.80 Å². The monoisotopic (exact) mass is 348 g/mol. The summed E-state index contributed by atoms with van der Waals surface area (Å²) in [5, 5.41) is 0. The molecule has 2 saturated heterocycles. The second kappa shape index (κ2) is 9.06. The second-order valence-electron chi connectivity index (χ2n) is 6.58. The summed E-state index contributed by atoms with van der Waals surface area (Å²) in [5.74, 6) is 2.19. The number of benzene rings is 1. The number of ether oxygens (including phenoxy) is 3. The number of carbonyl (C=O) groups excluding carboxylic acids is 1. The Labute approximate surface area is 149 Å². The third-order valence-electron chi connectivity index (χ3n) is 5.00. The van der Waals surface area contributed by atoms with Crippen molar-refractivity contribution >= 4 is 5.91 Å². The first-order chi connectivity index (χ1) is 12.3. The summed E-state index contributed by atoms with van der Waals surface area (Å²) in [6, 6.07) is 7.65. The van der Waals surface area contributed by atoms with Gasteiger partial charge in [-0.25, -0.2) is 0 Å². The van der Waals surface area contributed by atoms with Gasteiger partial charge in [0.1, 0.15) is 18.1 Å². The molecule has 6 nitrogen and oxygen atoms in total. The fourth-order valence-electron chi connectivity index (χ4n) is 3.41. The Hall–Kier alpha value is -1.79. The van der Waals surface area contributed by atoms with Gasteiger partial charge in [-0.2, -0.15) is 0 Å². The molecule has 2 aliphatic rings. The molecule has 0 unspecified atom stereocenters. The number of morpholine rings is 1. The molecule has 0 aromatic heterocycles. The molecule has 0 bridgehead atoms. The van der Waals surface area contributed by atoms with Crippen LogP contribution in [-0.4, -0.2) is 75.4 Å². The molecule has 0 saturated carbocycles. The van der Waals surface area contributed by atoms with Crippen molar-refractivity contribution in [3.05, 3.63) is 24.3 Å². The molecule has 0 N–H and O–H groups in total. The van der Waals surface area contributed by atoms with Gasteiger partial charge >= 0.3 is 0 Å². The van der Waals surface area contributed by atoms with Crippen LogP contribution < -0.4 is 9.47 Å². The predicted octanol–water partition coefficient (Wildman–Crippen LogP) is 1.64. The molecule has 138 valence electrons. The number of carbonyl (C=O) groups is 1. The molecular formula is C19H28N2O4. The summed E-state index contributed by atoms with van der Waals surface area (Å²) in [4.78, 5) is 16.9. The van der Waals surface area contributed by atoms with Crippen LogP contribution in [0.3, 0.4) is 0 Å². The molecule has 1 aromatic rings. The molecule has 2 heterocycles. The van der Waals surface area contributed by atoms with E-state index in [9.17, 15) is 4.79 Å². The molecule has 2 aliphatic heterocycles. The summed E-state index contributed by atoms with van der Waals surface area (Å²) >= 11 is 0. The Bertz CT molecular complexity index is 535. The minimum atomic E-state index is 0.178. The van der Waals surface area contributed by atoms with Crippen molar-refractivity contribution < 1.29 is 19.0 Å². The quantitative estimate of drug-likeness (QED) is 0.782. The van der Waals surface area contributed by atoms with Crippen LogP contribution in [0.5, 0.6) is 11.5 Å². The molecule has 0 aliphatic carbocycles. The SMILES string of the molecule is COc1ccc(OCCN2CCC(C(=O)N3CCOCC3)CC2)cc1. The topological polar surface area (TPSA) is 51.2 Å². The molecule has 1 amide bonds. The van der Waals surface area contributed by atoms with Crippen molar-refractivity contribution in [1.29, 1.82) is 0 Å². The number of methoxy groups -OCH3 is 1. The summed E-state index contributed by atoms with van der Waals surface area (Å²) < 4.78 is 16.3. The van der Waals surface area contributed by atoms with Gasteiger partial charge in [-0.1, -0.05) is 0 Å². The number of hydrogen-bond donors (Lipinski definition) is 0. The highest BCUT2D eigenvalue weighted by Crippen LogP contribution is 2.21. The van der Waals surface area contributed by atoms with Crippen LogP contribution in [0.15, 0.2) is 24.3 Å². The van der Waals surface area contributed by atoms with Crippen LogP contribution in [0.2, 0.25) is 0 Å². The van der Waals surface area contributed by atoms with Gasteiger partial charge in [-0.05, 0) is 50.2 Å². The van der Waals surface area contributed by atoms with E-state index in [2.05, 4.69) is 4.90 Å². The van der Waals surface area contributed by atoms with E-state index in [1.54, 1.807) is 7.11 Å². The number of nitrogens with zero attached hydrogens (tertiary/aromatic N) is 2. The zero-order valence-corrected chi connectivity index (χ0v) is 15.0. The number of hydrogen-bond acceptors (Lipinski definition) is 5. The Balaban J connectivity index is 1.35. The highest BCUT2D eigenvalue weighted by Gasteiger charge is 2.29. The van der Waals surface area contributed by atoms with Crippen LogP contribution in [0.4, 0.5) is 0 Å². The van der Waals surface area contributed by atoms with Crippen molar-refractivity contribution in [2.24, 2.45) is 5.92 Å². The van der Waals surface area contributed by atoms with Crippen LogP contribution >= 0.6 is 0 Å². The van der Waals surface area contributed by atoms with Crippen LogP contribution in [-0.2, 0) is 9.53 Å². The maximum Gasteiger partial charge on any atom is 0.225 e. The summed E-state index contributed by atoms with van der Waals surface area (Å²) in [6.45, 7) is 6.32. The minimum absolute atomic E-state index is 0.178. The average molecular weight is 348 g/mol. The lowest BCUT2D eigenvalue weighted by Crippen LogP contribution is -2.47. The van der Waals surface area contributed by atoms with Crippen LogP contribution in [0.1, 0.15) is 12.8 Å². The van der Waals surface area contributed by atoms with Crippen molar-refractivity contribution in [2.75, 3.05) is 59.7 Å². The first kappa shape index (κ1) is 18.0. The highest BCUT2D eigenvalue weighted by atomic mass is 16.5. The normalized spacial score (nSPS) is 19.6. The largest absolute Gasteiger partial charge is 0.497 e.